The van der Waals surface area contributed by atoms with E-state index in [1.807, 2.05) is 59.5 Å². The van der Waals surface area contributed by atoms with Crippen LogP contribution in [0.2, 0.25) is 5.02 Å². The van der Waals surface area contributed by atoms with Crippen molar-refractivity contribution in [1.82, 2.24) is 15.1 Å². The van der Waals surface area contributed by atoms with Crippen LogP contribution in [-0.2, 0) is 11.2 Å². The van der Waals surface area contributed by atoms with Crippen molar-refractivity contribution in [2.75, 3.05) is 36.4 Å². The van der Waals surface area contributed by atoms with E-state index in [0.717, 1.165) is 18.8 Å². The fraction of sp³-hybridized carbons (Fsp3) is 0.273. The van der Waals surface area contributed by atoms with Crippen LogP contribution in [0.5, 0.6) is 0 Å². The van der Waals surface area contributed by atoms with Crippen LogP contribution in [0.3, 0.4) is 0 Å². The molecule has 1 fully saturated rings. The van der Waals surface area contributed by atoms with Crippen molar-refractivity contribution < 1.29 is 9.59 Å². The molecule has 1 saturated heterocycles. The van der Waals surface area contributed by atoms with Crippen molar-refractivity contribution >= 4 is 46.1 Å². The van der Waals surface area contributed by atoms with Gasteiger partial charge >= 0.3 is 0 Å². The summed E-state index contributed by atoms with van der Waals surface area (Å²) < 4.78 is 0. The van der Waals surface area contributed by atoms with Gasteiger partial charge in [-0.2, -0.15) is 0 Å². The lowest BCUT2D eigenvalue weighted by Crippen LogP contribution is -2.48. The van der Waals surface area contributed by atoms with Crippen LogP contribution in [-0.4, -0.2) is 53.1 Å². The molecule has 0 saturated carbocycles. The molecule has 160 valence electrons. The van der Waals surface area contributed by atoms with Crippen molar-refractivity contribution in [2.45, 2.75) is 12.8 Å². The van der Waals surface area contributed by atoms with E-state index in [4.69, 9.17) is 11.6 Å². The van der Waals surface area contributed by atoms with Gasteiger partial charge in [-0.05, 0) is 30.3 Å². The van der Waals surface area contributed by atoms with Gasteiger partial charge in [-0.15, -0.1) is 10.2 Å². The smallest absolute Gasteiger partial charge is 0.286 e. The first-order valence-corrected chi connectivity index (χ1v) is 11.2. The van der Waals surface area contributed by atoms with Crippen molar-refractivity contribution in [3.05, 3.63) is 69.6 Å². The van der Waals surface area contributed by atoms with Crippen molar-refractivity contribution in [1.29, 1.82) is 0 Å². The summed E-state index contributed by atoms with van der Waals surface area (Å²) >= 11 is 7.30. The average Bonchev–Trinajstić information content (AvgIpc) is 3.28. The lowest BCUT2D eigenvalue weighted by Gasteiger charge is -2.36. The number of piperazine rings is 1. The first-order chi connectivity index (χ1) is 15.1. The molecule has 31 heavy (non-hydrogen) atoms. The van der Waals surface area contributed by atoms with Crippen molar-refractivity contribution in [2.24, 2.45) is 0 Å². The summed E-state index contributed by atoms with van der Waals surface area (Å²) in [5.41, 5.74) is 1.78. The number of carbonyl (C=O) groups is 2. The molecule has 9 heteroatoms. The monoisotopic (exact) mass is 455 g/mol. The summed E-state index contributed by atoms with van der Waals surface area (Å²) in [5.74, 6) is -0.199. The van der Waals surface area contributed by atoms with Gasteiger partial charge in [0.25, 0.3) is 5.91 Å². The van der Waals surface area contributed by atoms with E-state index in [9.17, 15) is 9.59 Å². The predicted molar refractivity (Wildman–Crippen MR) is 123 cm³/mol. The highest BCUT2D eigenvalue weighted by Crippen LogP contribution is 2.21. The number of amides is 2. The third-order valence-corrected chi connectivity index (χ3v) is 6.27. The number of aromatic nitrogens is 2. The molecule has 0 atom stereocenters. The Balaban J connectivity index is 1.24. The molecule has 3 aromatic rings. The molecule has 1 aliphatic heterocycles. The second kappa shape index (κ2) is 9.89. The second-order valence-electron chi connectivity index (χ2n) is 7.17. The SMILES string of the molecule is O=C(Nc1ccccc1)c1nnc(CCC(=O)N2CCN(c3cccc(Cl)c3)CC2)s1. The summed E-state index contributed by atoms with van der Waals surface area (Å²) in [6.07, 6.45) is 0.829. The van der Waals surface area contributed by atoms with Gasteiger partial charge in [0.1, 0.15) is 5.01 Å². The fourth-order valence-corrected chi connectivity index (χ4v) is 4.33. The Labute approximate surface area is 189 Å². The number of nitrogens with one attached hydrogen (secondary N) is 1. The van der Waals surface area contributed by atoms with Crippen LogP contribution in [0.4, 0.5) is 11.4 Å². The summed E-state index contributed by atoms with van der Waals surface area (Å²) in [4.78, 5) is 29.0. The van der Waals surface area contributed by atoms with E-state index in [-0.39, 0.29) is 11.8 Å². The molecule has 0 bridgehead atoms. The maximum absolute atomic E-state index is 12.6. The topological polar surface area (TPSA) is 78.4 Å². The lowest BCUT2D eigenvalue weighted by atomic mass is 10.2. The highest BCUT2D eigenvalue weighted by molar-refractivity contribution is 7.13. The molecule has 0 aliphatic carbocycles. The molecular formula is C22H22ClN5O2S. The van der Waals surface area contributed by atoms with Gasteiger partial charge in [0, 0.05) is 55.4 Å². The number of hydrogen-bond acceptors (Lipinski definition) is 6. The zero-order valence-electron chi connectivity index (χ0n) is 16.8. The molecule has 0 spiro atoms. The van der Waals surface area contributed by atoms with Gasteiger partial charge in [0.05, 0.1) is 0 Å². The number of nitrogens with zero attached hydrogens (tertiary/aromatic N) is 4. The van der Waals surface area contributed by atoms with Crippen LogP contribution in [0, 0.1) is 0 Å². The second-order valence-corrected chi connectivity index (χ2v) is 8.67. The van der Waals surface area contributed by atoms with E-state index in [0.29, 0.717) is 46.7 Å². The minimum Gasteiger partial charge on any atom is -0.368 e. The molecule has 0 unspecified atom stereocenters. The number of para-hydroxylation sites is 1. The number of halogens is 1. The predicted octanol–water partition coefficient (Wildman–Crippen LogP) is 3.73. The molecule has 7 nitrogen and oxygen atoms in total. The number of hydrogen-bond donors (Lipinski definition) is 1. The van der Waals surface area contributed by atoms with E-state index >= 15 is 0 Å². The quantitative estimate of drug-likeness (QED) is 0.612. The molecule has 2 aromatic carbocycles. The van der Waals surface area contributed by atoms with Gasteiger partial charge in [-0.3, -0.25) is 9.59 Å². The Morgan fingerprint density at radius 2 is 1.77 bits per heavy atom. The largest absolute Gasteiger partial charge is 0.368 e. The average molecular weight is 456 g/mol. The molecular weight excluding hydrogens is 434 g/mol. The van der Waals surface area contributed by atoms with Crippen molar-refractivity contribution in [3.63, 3.8) is 0 Å². The summed E-state index contributed by atoms with van der Waals surface area (Å²) in [5, 5.41) is 12.5. The fourth-order valence-electron chi connectivity index (χ4n) is 3.41. The third kappa shape index (κ3) is 5.59. The summed E-state index contributed by atoms with van der Waals surface area (Å²) in [6, 6.07) is 17.0. The van der Waals surface area contributed by atoms with Crippen LogP contribution >= 0.6 is 22.9 Å². The Morgan fingerprint density at radius 3 is 2.52 bits per heavy atom. The Morgan fingerprint density at radius 1 is 1.00 bits per heavy atom. The van der Waals surface area contributed by atoms with Gasteiger partial charge < -0.3 is 15.1 Å². The Bertz CT molecular complexity index is 1050. The third-order valence-electron chi connectivity index (χ3n) is 5.05. The van der Waals surface area contributed by atoms with Crippen LogP contribution in [0.1, 0.15) is 21.2 Å². The molecule has 1 aliphatic rings. The number of aryl methyl sites for hydroxylation is 1. The molecule has 1 aromatic heterocycles. The number of carbonyl (C=O) groups excluding carboxylic acids is 2. The maximum Gasteiger partial charge on any atom is 0.286 e. The number of rotatable bonds is 6. The van der Waals surface area contributed by atoms with Crippen LogP contribution in [0.15, 0.2) is 54.6 Å². The summed E-state index contributed by atoms with van der Waals surface area (Å²) in [6.45, 7) is 2.89. The van der Waals surface area contributed by atoms with Crippen LogP contribution in [0.25, 0.3) is 0 Å². The maximum atomic E-state index is 12.6. The number of anilines is 2. The van der Waals surface area contributed by atoms with Crippen LogP contribution < -0.4 is 10.2 Å². The van der Waals surface area contributed by atoms with Gasteiger partial charge in [-0.25, -0.2) is 0 Å². The van der Waals surface area contributed by atoms with E-state index in [1.54, 1.807) is 0 Å². The molecule has 2 amide bonds. The highest BCUT2D eigenvalue weighted by atomic mass is 35.5. The molecule has 0 radical (unpaired) electrons. The Hall–Kier alpha value is -2.97. The zero-order chi connectivity index (χ0) is 21.6. The van der Waals surface area contributed by atoms with Gasteiger partial charge in [0.2, 0.25) is 10.9 Å². The highest BCUT2D eigenvalue weighted by Gasteiger charge is 2.22. The number of benzene rings is 2. The standard InChI is InChI=1S/C22H22ClN5O2S/c23-16-5-4-8-18(15-16)27-11-13-28(14-12-27)20(29)10-9-19-25-26-22(31-19)21(30)24-17-6-2-1-3-7-17/h1-8,15H,9-14H2,(H,24,30). The first-order valence-electron chi connectivity index (χ1n) is 10.1. The van der Waals surface area contributed by atoms with E-state index < -0.39 is 0 Å². The molecule has 1 N–H and O–H groups in total. The first kappa shape index (κ1) is 21.3. The minimum atomic E-state index is -0.293. The van der Waals surface area contributed by atoms with E-state index in [1.165, 1.54) is 11.3 Å². The zero-order valence-corrected chi connectivity index (χ0v) is 18.4. The lowest BCUT2D eigenvalue weighted by molar-refractivity contribution is -0.131. The Kier molecular flexibility index (Phi) is 6.79. The molecule has 4 rings (SSSR count). The normalized spacial score (nSPS) is 13.8. The van der Waals surface area contributed by atoms with Gasteiger partial charge in [0.15, 0.2) is 0 Å². The van der Waals surface area contributed by atoms with E-state index in [2.05, 4.69) is 20.4 Å². The van der Waals surface area contributed by atoms with Crippen molar-refractivity contribution in [3.8, 4) is 0 Å². The summed E-state index contributed by atoms with van der Waals surface area (Å²) in [7, 11) is 0. The molecule has 2 heterocycles. The van der Waals surface area contributed by atoms with Gasteiger partial charge in [-0.1, -0.05) is 47.2 Å². The minimum absolute atomic E-state index is 0.0937.